The highest BCUT2D eigenvalue weighted by Gasteiger charge is 2.38. The Bertz CT molecular complexity index is 504. The zero-order chi connectivity index (χ0) is 14.1. The summed E-state index contributed by atoms with van der Waals surface area (Å²) in [6.07, 6.45) is 0. The van der Waals surface area contributed by atoms with Crippen LogP contribution in [-0.2, 0) is 0 Å². The number of nitrogens with zero attached hydrogens (tertiary/aromatic N) is 1. The summed E-state index contributed by atoms with van der Waals surface area (Å²) < 4.78 is 28.7. The first-order valence-corrected chi connectivity index (χ1v) is 6.68. The van der Waals surface area contributed by atoms with Gasteiger partial charge in [-0.2, -0.15) is 8.78 Å². The van der Waals surface area contributed by atoms with E-state index in [1.165, 1.54) is 12.1 Å². The average Bonchev–Trinajstić information content (AvgIpc) is 2.98. The number of hydrogen-bond donors (Lipinski definition) is 1. The van der Waals surface area contributed by atoms with E-state index in [-0.39, 0.29) is 24.1 Å². The van der Waals surface area contributed by atoms with Crippen molar-refractivity contribution < 1.29 is 18.3 Å². The number of fused-ring (bicyclic) bond motifs is 1. The highest BCUT2D eigenvalue weighted by Crippen LogP contribution is 2.28. The highest BCUT2D eigenvalue weighted by molar-refractivity contribution is 5.94. The number of hydrogen-bond acceptors (Lipinski definition) is 3. The van der Waals surface area contributed by atoms with E-state index in [9.17, 15) is 13.6 Å². The number of likely N-dealkylation sites (tertiary alicyclic amines) is 1. The van der Waals surface area contributed by atoms with Crippen molar-refractivity contribution in [1.82, 2.24) is 10.2 Å². The molecule has 0 spiro atoms. The SMILES string of the molecule is Cl.O=C(c1cccc(OC(F)F)c1)N1C[C@H]2CNC[C@H]2C1. The van der Waals surface area contributed by atoms with Crippen molar-refractivity contribution >= 4 is 18.3 Å². The van der Waals surface area contributed by atoms with Crippen LogP contribution in [0, 0.1) is 11.8 Å². The molecule has 2 fully saturated rings. The van der Waals surface area contributed by atoms with Crippen molar-refractivity contribution in [2.75, 3.05) is 26.2 Å². The van der Waals surface area contributed by atoms with Gasteiger partial charge >= 0.3 is 6.61 Å². The van der Waals surface area contributed by atoms with Crippen LogP contribution in [0.4, 0.5) is 8.78 Å². The van der Waals surface area contributed by atoms with Gasteiger partial charge in [-0.3, -0.25) is 4.79 Å². The van der Waals surface area contributed by atoms with E-state index in [0.29, 0.717) is 17.4 Å². The molecule has 3 rings (SSSR count). The van der Waals surface area contributed by atoms with Gasteiger partial charge in [0.1, 0.15) is 5.75 Å². The first kappa shape index (κ1) is 16.0. The fraction of sp³-hybridized carbons (Fsp3) is 0.500. The number of carbonyl (C=O) groups excluding carboxylic acids is 1. The number of halogens is 3. The first-order valence-electron chi connectivity index (χ1n) is 6.68. The Kier molecular flexibility index (Phi) is 5.00. The molecule has 0 radical (unpaired) electrons. The van der Waals surface area contributed by atoms with Gasteiger partial charge in [-0.15, -0.1) is 12.4 Å². The second kappa shape index (κ2) is 6.58. The van der Waals surface area contributed by atoms with E-state index in [4.69, 9.17) is 0 Å². The van der Waals surface area contributed by atoms with Gasteiger partial charge in [0.05, 0.1) is 0 Å². The molecule has 2 atom stereocenters. The van der Waals surface area contributed by atoms with Crippen molar-refractivity contribution in [1.29, 1.82) is 0 Å². The number of ether oxygens (including phenoxy) is 1. The van der Waals surface area contributed by atoms with Crippen LogP contribution in [0.1, 0.15) is 10.4 Å². The van der Waals surface area contributed by atoms with Gasteiger partial charge in [0.15, 0.2) is 0 Å². The van der Waals surface area contributed by atoms with Gasteiger partial charge in [0.25, 0.3) is 5.91 Å². The molecular formula is C14H17ClF2N2O2. The molecule has 1 N–H and O–H groups in total. The number of benzene rings is 1. The largest absolute Gasteiger partial charge is 0.435 e. The predicted octanol–water partition coefficient (Wildman–Crippen LogP) is 2.00. The Labute approximate surface area is 127 Å². The van der Waals surface area contributed by atoms with Crippen LogP contribution in [0.25, 0.3) is 0 Å². The molecule has 21 heavy (non-hydrogen) atoms. The Morgan fingerprint density at radius 1 is 1.29 bits per heavy atom. The summed E-state index contributed by atoms with van der Waals surface area (Å²) in [5.41, 5.74) is 0.399. The first-order chi connectivity index (χ1) is 9.63. The minimum atomic E-state index is -2.88. The smallest absolute Gasteiger partial charge is 0.387 e. The van der Waals surface area contributed by atoms with E-state index < -0.39 is 6.61 Å². The lowest BCUT2D eigenvalue weighted by Gasteiger charge is -2.18. The quantitative estimate of drug-likeness (QED) is 0.927. The summed E-state index contributed by atoms with van der Waals surface area (Å²) >= 11 is 0. The summed E-state index contributed by atoms with van der Waals surface area (Å²) in [6, 6.07) is 5.99. The maximum atomic E-state index is 12.4. The molecule has 0 unspecified atom stereocenters. The molecule has 0 bridgehead atoms. The molecule has 0 saturated carbocycles. The molecule has 1 aromatic carbocycles. The van der Waals surface area contributed by atoms with Gasteiger partial charge < -0.3 is 15.0 Å². The monoisotopic (exact) mass is 318 g/mol. The summed E-state index contributed by atoms with van der Waals surface area (Å²) in [5.74, 6) is 0.935. The zero-order valence-electron chi connectivity index (χ0n) is 11.3. The Hall–Kier alpha value is -1.40. The second-order valence-corrected chi connectivity index (χ2v) is 5.29. The van der Waals surface area contributed by atoms with Crippen molar-refractivity contribution in [3.8, 4) is 5.75 Å². The van der Waals surface area contributed by atoms with E-state index in [0.717, 1.165) is 26.2 Å². The number of alkyl halides is 2. The minimum absolute atomic E-state index is 0. The van der Waals surface area contributed by atoms with Gasteiger partial charge in [-0.1, -0.05) is 6.07 Å². The van der Waals surface area contributed by atoms with Crippen molar-refractivity contribution in [3.05, 3.63) is 29.8 Å². The average molecular weight is 319 g/mol. The van der Waals surface area contributed by atoms with E-state index in [1.54, 1.807) is 17.0 Å². The lowest BCUT2D eigenvalue weighted by atomic mass is 10.0. The Morgan fingerprint density at radius 2 is 1.95 bits per heavy atom. The van der Waals surface area contributed by atoms with Crippen molar-refractivity contribution in [2.45, 2.75) is 6.61 Å². The Balaban J connectivity index is 0.00000161. The fourth-order valence-corrected chi connectivity index (χ4v) is 3.01. The van der Waals surface area contributed by atoms with Crippen LogP contribution in [-0.4, -0.2) is 43.6 Å². The molecule has 0 aromatic heterocycles. The highest BCUT2D eigenvalue weighted by atomic mass is 35.5. The second-order valence-electron chi connectivity index (χ2n) is 5.29. The van der Waals surface area contributed by atoms with Crippen molar-refractivity contribution in [3.63, 3.8) is 0 Å². The van der Waals surface area contributed by atoms with E-state index >= 15 is 0 Å². The molecule has 7 heteroatoms. The van der Waals surface area contributed by atoms with E-state index in [1.807, 2.05) is 0 Å². The van der Waals surface area contributed by atoms with Crippen LogP contribution in [0.2, 0.25) is 0 Å². The molecule has 116 valence electrons. The third-order valence-electron chi connectivity index (χ3n) is 3.98. The van der Waals surface area contributed by atoms with Crippen LogP contribution in [0.3, 0.4) is 0 Å². The van der Waals surface area contributed by atoms with Crippen LogP contribution in [0.5, 0.6) is 5.75 Å². The zero-order valence-corrected chi connectivity index (χ0v) is 12.1. The number of nitrogens with one attached hydrogen (secondary N) is 1. The fourth-order valence-electron chi connectivity index (χ4n) is 3.01. The number of amides is 1. The molecule has 2 heterocycles. The predicted molar refractivity (Wildman–Crippen MR) is 76.1 cm³/mol. The lowest BCUT2D eigenvalue weighted by molar-refractivity contribution is -0.0499. The molecule has 2 aliphatic heterocycles. The number of rotatable bonds is 3. The molecule has 2 saturated heterocycles. The molecule has 4 nitrogen and oxygen atoms in total. The topological polar surface area (TPSA) is 41.6 Å². The summed E-state index contributed by atoms with van der Waals surface area (Å²) in [4.78, 5) is 14.2. The van der Waals surface area contributed by atoms with Gasteiger partial charge in [0, 0.05) is 31.7 Å². The Morgan fingerprint density at radius 3 is 2.57 bits per heavy atom. The maximum Gasteiger partial charge on any atom is 0.387 e. The van der Waals surface area contributed by atoms with Gasteiger partial charge in [0.2, 0.25) is 0 Å². The molecule has 0 aliphatic carbocycles. The third kappa shape index (κ3) is 3.44. The van der Waals surface area contributed by atoms with Crippen LogP contribution >= 0.6 is 12.4 Å². The molecule has 1 aromatic rings. The minimum Gasteiger partial charge on any atom is -0.435 e. The van der Waals surface area contributed by atoms with Crippen LogP contribution < -0.4 is 10.1 Å². The van der Waals surface area contributed by atoms with Gasteiger partial charge in [-0.05, 0) is 30.0 Å². The molecular weight excluding hydrogens is 302 g/mol. The van der Waals surface area contributed by atoms with Gasteiger partial charge in [-0.25, -0.2) is 0 Å². The molecule has 1 amide bonds. The summed E-state index contributed by atoms with van der Waals surface area (Å²) in [5, 5.41) is 3.31. The standard InChI is InChI=1S/C14H16F2N2O2.ClH/c15-14(16)20-12-3-1-2-9(4-12)13(19)18-7-10-5-17-6-11(10)8-18;/h1-4,10-11,14,17H,5-8H2;1H/t10-,11+;. The summed E-state index contributed by atoms with van der Waals surface area (Å²) in [7, 11) is 0. The van der Waals surface area contributed by atoms with E-state index in [2.05, 4.69) is 10.1 Å². The third-order valence-corrected chi connectivity index (χ3v) is 3.98. The van der Waals surface area contributed by atoms with Crippen LogP contribution in [0.15, 0.2) is 24.3 Å². The lowest BCUT2D eigenvalue weighted by Crippen LogP contribution is -2.31. The van der Waals surface area contributed by atoms with Crippen molar-refractivity contribution in [2.24, 2.45) is 11.8 Å². The maximum absolute atomic E-state index is 12.4. The molecule has 2 aliphatic rings. The summed E-state index contributed by atoms with van der Waals surface area (Å²) in [6.45, 7) is 0.483. The number of carbonyl (C=O) groups is 1. The normalized spacial score (nSPS) is 23.9.